The van der Waals surface area contributed by atoms with Crippen LogP contribution in [0.4, 0.5) is 0 Å². The monoisotopic (exact) mass is 318 g/mol. The SMILES string of the molecule is Cc1sc(CN)cc1S(=O)(=O)NCC(C(C)C)C(C)C. The zero-order valence-corrected chi connectivity index (χ0v) is 14.6. The van der Waals surface area contributed by atoms with Crippen molar-refractivity contribution in [3.05, 3.63) is 15.8 Å². The van der Waals surface area contributed by atoms with Crippen LogP contribution in [-0.2, 0) is 16.6 Å². The normalized spacial score (nSPS) is 12.8. The Balaban J connectivity index is 2.87. The maximum atomic E-state index is 12.4. The number of rotatable bonds is 7. The summed E-state index contributed by atoms with van der Waals surface area (Å²) >= 11 is 1.44. The van der Waals surface area contributed by atoms with Gasteiger partial charge in [0, 0.05) is 22.8 Å². The number of aryl methyl sites for hydroxylation is 1. The van der Waals surface area contributed by atoms with E-state index in [9.17, 15) is 8.42 Å². The summed E-state index contributed by atoms with van der Waals surface area (Å²) in [5.74, 6) is 1.22. The van der Waals surface area contributed by atoms with E-state index in [0.29, 0.717) is 35.7 Å². The van der Waals surface area contributed by atoms with Gasteiger partial charge < -0.3 is 5.73 Å². The van der Waals surface area contributed by atoms with E-state index in [1.165, 1.54) is 11.3 Å². The molecule has 6 heteroatoms. The fourth-order valence-electron chi connectivity index (χ4n) is 2.42. The topological polar surface area (TPSA) is 72.2 Å². The molecule has 0 atom stereocenters. The molecule has 0 aliphatic rings. The number of hydrogen-bond donors (Lipinski definition) is 2. The van der Waals surface area contributed by atoms with Gasteiger partial charge in [-0.1, -0.05) is 27.7 Å². The molecule has 1 aromatic heterocycles. The van der Waals surface area contributed by atoms with Gasteiger partial charge in [0.15, 0.2) is 0 Å². The highest BCUT2D eigenvalue weighted by Gasteiger charge is 2.23. The van der Waals surface area contributed by atoms with Gasteiger partial charge in [0.25, 0.3) is 0 Å². The molecule has 0 spiro atoms. The van der Waals surface area contributed by atoms with Crippen LogP contribution < -0.4 is 10.5 Å². The molecule has 0 aliphatic carbocycles. The summed E-state index contributed by atoms with van der Waals surface area (Å²) in [6.07, 6.45) is 0. The third-order valence-electron chi connectivity index (χ3n) is 3.64. The molecule has 0 radical (unpaired) electrons. The molecule has 0 amide bonds. The Morgan fingerprint density at radius 1 is 1.25 bits per heavy atom. The molecule has 0 unspecified atom stereocenters. The molecular weight excluding hydrogens is 292 g/mol. The zero-order valence-electron chi connectivity index (χ0n) is 12.9. The first-order valence-electron chi connectivity index (χ1n) is 6.98. The molecule has 0 saturated heterocycles. The molecule has 0 aromatic carbocycles. The van der Waals surface area contributed by atoms with E-state index in [4.69, 9.17) is 5.73 Å². The van der Waals surface area contributed by atoms with Gasteiger partial charge >= 0.3 is 0 Å². The number of hydrogen-bond acceptors (Lipinski definition) is 4. The predicted molar refractivity (Wildman–Crippen MR) is 85.3 cm³/mol. The Morgan fingerprint density at radius 3 is 2.20 bits per heavy atom. The average molecular weight is 319 g/mol. The molecular formula is C14H26N2O2S2. The third-order valence-corrected chi connectivity index (χ3v) is 6.39. The maximum Gasteiger partial charge on any atom is 0.241 e. The van der Waals surface area contributed by atoms with Gasteiger partial charge in [-0.25, -0.2) is 13.1 Å². The molecule has 4 nitrogen and oxygen atoms in total. The maximum absolute atomic E-state index is 12.4. The molecule has 3 N–H and O–H groups in total. The summed E-state index contributed by atoms with van der Waals surface area (Å²) in [5.41, 5.74) is 5.57. The van der Waals surface area contributed by atoms with Crippen LogP contribution in [0, 0.1) is 24.7 Å². The van der Waals surface area contributed by atoms with E-state index in [-0.39, 0.29) is 0 Å². The molecule has 0 aliphatic heterocycles. The van der Waals surface area contributed by atoms with Crippen LogP contribution in [0.2, 0.25) is 0 Å². The minimum Gasteiger partial charge on any atom is -0.326 e. The second-order valence-corrected chi connectivity index (χ2v) is 8.92. The fourth-order valence-corrected chi connectivity index (χ4v) is 5.00. The van der Waals surface area contributed by atoms with E-state index in [2.05, 4.69) is 32.4 Å². The van der Waals surface area contributed by atoms with Gasteiger partial charge in [-0.3, -0.25) is 0 Å². The van der Waals surface area contributed by atoms with Crippen molar-refractivity contribution in [3.63, 3.8) is 0 Å². The lowest BCUT2D eigenvalue weighted by Crippen LogP contribution is -2.34. The van der Waals surface area contributed by atoms with E-state index in [1.54, 1.807) is 6.07 Å². The van der Waals surface area contributed by atoms with Crippen molar-refractivity contribution >= 4 is 21.4 Å². The highest BCUT2D eigenvalue weighted by Crippen LogP contribution is 2.26. The molecule has 0 fully saturated rings. The van der Waals surface area contributed by atoms with Crippen molar-refractivity contribution in [3.8, 4) is 0 Å². The molecule has 0 saturated carbocycles. The molecule has 20 heavy (non-hydrogen) atoms. The highest BCUT2D eigenvalue weighted by atomic mass is 32.2. The van der Waals surface area contributed by atoms with Gasteiger partial charge in [0.2, 0.25) is 10.0 Å². The summed E-state index contributed by atoms with van der Waals surface area (Å²) in [5, 5.41) is 0. The number of sulfonamides is 1. The first-order valence-corrected chi connectivity index (χ1v) is 9.28. The van der Waals surface area contributed by atoms with Crippen LogP contribution >= 0.6 is 11.3 Å². The van der Waals surface area contributed by atoms with Gasteiger partial charge in [0.1, 0.15) is 0 Å². The Morgan fingerprint density at radius 2 is 1.80 bits per heavy atom. The van der Waals surface area contributed by atoms with Crippen molar-refractivity contribution in [2.75, 3.05) is 6.54 Å². The Bertz CT molecular complexity index is 525. The molecule has 1 rings (SSSR count). The van der Waals surface area contributed by atoms with E-state index in [1.807, 2.05) is 6.92 Å². The second-order valence-electron chi connectivity index (χ2n) is 5.84. The van der Waals surface area contributed by atoms with E-state index in [0.717, 1.165) is 9.75 Å². The standard InChI is InChI=1S/C14H26N2O2S2/c1-9(2)13(10(3)4)8-16-20(17,18)14-6-12(7-15)19-11(14)5/h6,9-10,13,16H,7-8,15H2,1-5H3. The Hall–Kier alpha value is -0.430. The Kier molecular flexibility index (Phi) is 6.19. The van der Waals surface area contributed by atoms with Crippen molar-refractivity contribution < 1.29 is 8.42 Å². The lowest BCUT2D eigenvalue weighted by Gasteiger charge is -2.24. The molecule has 116 valence electrons. The van der Waals surface area contributed by atoms with E-state index >= 15 is 0 Å². The minimum absolute atomic E-state index is 0.331. The van der Waals surface area contributed by atoms with Crippen LogP contribution in [-0.4, -0.2) is 15.0 Å². The van der Waals surface area contributed by atoms with Gasteiger partial charge in [-0.05, 0) is 30.7 Å². The van der Waals surface area contributed by atoms with Crippen molar-refractivity contribution in [2.45, 2.75) is 46.1 Å². The van der Waals surface area contributed by atoms with Crippen molar-refractivity contribution in [1.82, 2.24) is 4.72 Å². The van der Waals surface area contributed by atoms with E-state index < -0.39 is 10.0 Å². The summed E-state index contributed by atoms with van der Waals surface area (Å²) in [7, 11) is -3.44. The molecule has 1 aromatic rings. The third kappa shape index (κ3) is 4.28. The van der Waals surface area contributed by atoms with Crippen LogP contribution in [0.5, 0.6) is 0 Å². The lowest BCUT2D eigenvalue weighted by molar-refractivity contribution is 0.289. The Labute approximate surface area is 126 Å². The van der Waals surface area contributed by atoms with Gasteiger partial charge in [0.05, 0.1) is 4.90 Å². The van der Waals surface area contributed by atoms with Crippen molar-refractivity contribution in [2.24, 2.45) is 23.5 Å². The van der Waals surface area contributed by atoms with Crippen LogP contribution in [0.1, 0.15) is 37.4 Å². The smallest absolute Gasteiger partial charge is 0.241 e. The predicted octanol–water partition coefficient (Wildman–Crippen LogP) is 2.72. The van der Waals surface area contributed by atoms with Crippen LogP contribution in [0.3, 0.4) is 0 Å². The lowest BCUT2D eigenvalue weighted by atomic mass is 9.86. The largest absolute Gasteiger partial charge is 0.326 e. The summed E-state index contributed by atoms with van der Waals surface area (Å²) < 4.78 is 27.5. The molecule has 1 heterocycles. The van der Waals surface area contributed by atoms with Crippen LogP contribution in [0.25, 0.3) is 0 Å². The quantitative estimate of drug-likeness (QED) is 0.812. The summed E-state index contributed by atoms with van der Waals surface area (Å²) in [6, 6.07) is 1.68. The van der Waals surface area contributed by atoms with Crippen molar-refractivity contribution in [1.29, 1.82) is 0 Å². The highest BCUT2D eigenvalue weighted by molar-refractivity contribution is 7.89. The van der Waals surface area contributed by atoms with Gasteiger partial charge in [-0.15, -0.1) is 11.3 Å². The summed E-state index contributed by atoms with van der Waals surface area (Å²) in [4.78, 5) is 2.06. The first-order chi connectivity index (χ1) is 9.19. The summed E-state index contributed by atoms with van der Waals surface area (Å²) in [6.45, 7) is 11.2. The van der Waals surface area contributed by atoms with Gasteiger partial charge in [-0.2, -0.15) is 0 Å². The first kappa shape index (κ1) is 17.6. The molecule has 0 bridgehead atoms. The fraction of sp³-hybridized carbons (Fsp3) is 0.714. The number of nitrogens with two attached hydrogens (primary N) is 1. The van der Waals surface area contributed by atoms with Crippen LogP contribution in [0.15, 0.2) is 11.0 Å². The number of nitrogens with one attached hydrogen (secondary N) is 1. The second kappa shape index (κ2) is 7.02. The zero-order chi connectivity index (χ0) is 15.5. The minimum atomic E-state index is -3.44. The average Bonchev–Trinajstić information content (AvgIpc) is 2.70. The number of thiophene rings is 1.